The Hall–Kier alpha value is -1.36. The van der Waals surface area contributed by atoms with E-state index in [1.165, 1.54) is 12.1 Å². The molecule has 0 aromatic heterocycles. The van der Waals surface area contributed by atoms with Crippen LogP contribution in [0.5, 0.6) is 5.75 Å². The molecule has 112 valence electrons. The number of benzene rings is 2. The zero-order valence-corrected chi connectivity index (χ0v) is 12.3. The predicted molar refractivity (Wildman–Crippen MR) is 78.2 cm³/mol. The van der Waals surface area contributed by atoms with Crippen LogP contribution < -0.4 is 4.74 Å². The van der Waals surface area contributed by atoms with Crippen LogP contribution in [-0.2, 0) is 6.42 Å². The maximum atomic E-state index is 12.2. The number of aliphatic hydroxyl groups is 1. The summed E-state index contributed by atoms with van der Waals surface area (Å²) < 4.78 is 28.7. The van der Waals surface area contributed by atoms with Crippen molar-refractivity contribution in [1.29, 1.82) is 0 Å². The van der Waals surface area contributed by atoms with Crippen LogP contribution in [0.3, 0.4) is 0 Å². The number of rotatable bonds is 5. The zero-order chi connectivity index (χ0) is 15.4. The van der Waals surface area contributed by atoms with Gasteiger partial charge in [0.1, 0.15) is 5.75 Å². The largest absolute Gasteiger partial charge is 0.435 e. The SMILES string of the molecule is OC(Cc1ccc(Cl)cc1Cl)c1cccc(OC(F)F)c1. The van der Waals surface area contributed by atoms with Crippen molar-refractivity contribution in [2.24, 2.45) is 0 Å². The van der Waals surface area contributed by atoms with Gasteiger partial charge in [0, 0.05) is 16.5 Å². The molecule has 1 unspecified atom stereocenters. The molecule has 0 heterocycles. The van der Waals surface area contributed by atoms with E-state index >= 15 is 0 Å². The molecule has 0 bridgehead atoms. The van der Waals surface area contributed by atoms with Gasteiger partial charge in [-0.25, -0.2) is 0 Å². The van der Waals surface area contributed by atoms with Crippen LogP contribution >= 0.6 is 23.2 Å². The van der Waals surface area contributed by atoms with E-state index in [-0.39, 0.29) is 12.2 Å². The maximum absolute atomic E-state index is 12.2. The van der Waals surface area contributed by atoms with E-state index in [4.69, 9.17) is 23.2 Å². The summed E-state index contributed by atoms with van der Waals surface area (Å²) in [7, 11) is 0. The molecular formula is C15H12Cl2F2O2. The van der Waals surface area contributed by atoms with E-state index in [2.05, 4.69) is 4.74 Å². The van der Waals surface area contributed by atoms with Crippen LogP contribution in [-0.4, -0.2) is 11.7 Å². The second kappa shape index (κ2) is 7.07. The Morgan fingerprint density at radius 3 is 2.52 bits per heavy atom. The lowest BCUT2D eigenvalue weighted by atomic mass is 10.0. The molecular weight excluding hydrogens is 321 g/mol. The van der Waals surface area contributed by atoms with Crippen LogP contribution in [0.1, 0.15) is 17.2 Å². The standard InChI is InChI=1S/C15H12Cl2F2O2/c16-11-5-4-9(13(17)8-11)7-14(20)10-2-1-3-12(6-10)21-15(18)19/h1-6,8,14-15,20H,7H2. The lowest BCUT2D eigenvalue weighted by Crippen LogP contribution is -2.05. The minimum Gasteiger partial charge on any atom is -0.435 e. The first-order chi connectivity index (χ1) is 9.95. The normalized spacial score (nSPS) is 12.5. The highest BCUT2D eigenvalue weighted by Crippen LogP contribution is 2.27. The van der Waals surface area contributed by atoms with E-state index in [0.717, 1.165) is 0 Å². The minimum atomic E-state index is -2.90. The molecule has 2 aromatic carbocycles. The summed E-state index contributed by atoms with van der Waals surface area (Å²) in [5, 5.41) is 11.1. The average molecular weight is 333 g/mol. The van der Waals surface area contributed by atoms with Crippen molar-refractivity contribution in [3.05, 3.63) is 63.6 Å². The van der Waals surface area contributed by atoms with Crippen molar-refractivity contribution < 1.29 is 18.6 Å². The van der Waals surface area contributed by atoms with Gasteiger partial charge in [-0.15, -0.1) is 0 Å². The summed E-state index contributed by atoms with van der Waals surface area (Å²) in [6.07, 6.45) is -0.640. The number of aliphatic hydroxyl groups excluding tert-OH is 1. The van der Waals surface area contributed by atoms with E-state index < -0.39 is 12.7 Å². The molecule has 6 heteroatoms. The third-order valence-corrected chi connectivity index (χ3v) is 3.48. The molecule has 0 saturated carbocycles. The zero-order valence-electron chi connectivity index (χ0n) is 10.8. The van der Waals surface area contributed by atoms with Crippen molar-refractivity contribution >= 4 is 23.2 Å². The maximum Gasteiger partial charge on any atom is 0.387 e. The Labute approximate surface area is 130 Å². The Kier molecular flexibility index (Phi) is 5.39. The number of alkyl halides is 2. The summed E-state index contributed by atoms with van der Waals surface area (Å²) in [5.41, 5.74) is 1.19. The predicted octanol–water partition coefficient (Wildman–Crippen LogP) is 4.87. The average Bonchev–Trinajstić information content (AvgIpc) is 2.41. The fraction of sp³-hybridized carbons (Fsp3) is 0.200. The lowest BCUT2D eigenvalue weighted by Gasteiger charge is -2.14. The molecule has 0 aliphatic carbocycles. The highest BCUT2D eigenvalue weighted by molar-refractivity contribution is 6.35. The molecule has 0 saturated heterocycles. The van der Waals surface area contributed by atoms with Gasteiger partial charge >= 0.3 is 6.61 Å². The number of ether oxygens (including phenoxy) is 1. The first kappa shape index (κ1) is 16.0. The molecule has 1 atom stereocenters. The number of hydrogen-bond acceptors (Lipinski definition) is 2. The van der Waals surface area contributed by atoms with Gasteiger partial charge in [-0.05, 0) is 35.4 Å². The van der Waals surface area contributed by atoms with Crippen LogP contribution in [0.25, 0.3) is 0 Å². The molecule has 0 spiro atoms. The van der Waals surface area contributed by atoms with Gasteiger partial charge in [0.05, 0.1) is 6.10 Å². The fourth-order valence-corrected chi connectivity index (χ4v) is 2.40. The molecule has 1 N–H and O–H groups in total. The highest BCUT2D eigenvalue weighted by Gasteiger charge is 2.13. The fourth-order valence-electron chi connectivity index (χ4n) is 1.91. The minimum absolute atomic E-state index is 0.00348. The first-order valence-electron chi connectivity index (χ1n) is 6.12. The van der Waals surface area contributed by atoms with Crippen LogP contribution in [0.4, 0.5) is 8.78 Å². The Bertz CT molecular complexity index is 620. The van der Waals surface area contributed by atoms with Crippen molar-refractivity contribution in [3.63, 3.8) is 0 Å². The molecule has 0 radical (unpaired) electrons. The van der Waals surface area contributed by atoms with Gasteiger partial charge in [0.15, 0.2) is 0 Å². The Balaban J connectivity index is 2.14. The van der Waals surface area contributed by atoms with E-state index in [1.54, 1.807) is 30.3 Å². The molecule has 2 nitrogen and oxygen atoms in total. The van der Waals surface area contributed by atoms with Crippen molar-refractivity contribution in [3.8, 4) is 5.75 Å². The van der Waals surface area contributed by atoms with Crippen LogP contribution in [0, 0.1) is 0 Å². The summed E-state index contributed by atoms with van der Waals surface area (Å²) in [5.74, 6) is 0.00348. The smallest absolute Gasteiger partial charge is 0.387 e. The summed E-state index contributed by atoms with van der Waals surface area (Å²) in [4.78, 5) is 0. The van der Waals surface area contributed by atoms with E-state index in [0.29, 0.717) is 21.2 Å². The Morgan fingerprint density at radius 2 is 1.86 bits per heavy atom. The molecule has 0 aliphatic rings. The van der Waals surface area contributed by atoms with Gasteiger partial charge in [0.25, 0.3) is 0 Å². The number of halogens is 4. The monoisotopic (exact) mass is 332 g/mol. The topological polar surface area (TPSA) is 29.5 Å². The van der Waals surface area contributed by atoms with Crippen LogP contribution in [0.15, 0.2) is 42.5 Å². The van der Waals surface area contributed by atoms with Crippen LogP contribution in [0.2, 0.25) is 10.0 Å². The second-order valence-electron chi connectivity index (χ2n) is 4.41. The van der Waals surface area contributed by atoms with E-state index in [9.17, 15) is 13.9 Å². The third-order valence-electron chi connectivity index (χ3n) is 2.90. The Morgan fingerprint density at radius 1 is 1.10 bits per heavy atom. The highest BCUT2D eigenvalue weighted by atomic mass is 35.5. The molecule has 2 rings (SSSR count). The first-order valence-corrected chi connectivity index (χ1v) is 6.88. The van der Waals surface area contributed by atoms with Gasteiger partial charge < -0.3 is 9.84 Å². The summed E-state index contributed by atoms with van der Waals surface area (Å²) in [6, 6.07) is 10.9. The van der Waals surface area contributed by atoms with Crippen molar-refractivity contribution in [1.82, 2.24) is 0 Å². The van der Waals surface area contributed by atoms with Gasteiger partial charge in [-0.3, -0.25) is 0 Å². The molecule has 21 heavy (non-hydrogen) atoms. The van der Waals surface area contributed by atoms with Gasteiger partial charge in [0.2, 0.25) is 0 Å². The van der Waals surface area contributed by atoms with E-state index in [1.807, 2.05) is 0 Å². The second-order valence-corrected chi connectivity index (χ2v) is 5.25. The number of hydrogen-bond donors (Lipinski definition) is 1. The summed E-state index contributed by atoms with van der Waals surface area (Å²) >= 11 is 11.8. The van der Waals surface area contributed by atoms with Gasteiger partial charge in [-0.2, -0.15) is 8.78 Å². The third kappa shape index (κ3) is 4.56. The van der Waals surface area contributed by atoms with Crippen molar-refractivity contribution in [2.75, 3.05) is 0 Å². The van der Waals surface area contributed by atoms with Crippen molar-refractivity contribution in [2.45, 2.75) is 19.1 Å². The quantitative estimate of drug-likeness (QED) is 0.846. The lowest BCUT2D eigenvalue weighted by molar-refractivity contribution is -0.0499. The summed E-state index contributed by atoms with van der Waals surface area (Å²) in [6.45, 7) is -2.90. The van der Waals surface area contributed by atoms with Gasteiger partial charge in [-0.1, -0.05) is 41.4 Å². The molecule has 0 fully saturated rings. The molecule has 0 amide bonds. The molecule has 2 aromatic rings. The molecule has 0 aliphatic heterocycles.